The van der Waals surface area contributed by atoms with Crippen molar-refractivity contribution in [1.29, 1.82) is 0 Å². The summed E-state index contributed by atoms with van der Waals surface area (Å²) in [6.07, 6.45) is 5.26. The summed E-state index contributed by atoms with van der Waals surface area (Å²) in [6.45, 7) is 2.35. The van der Waals surface area contributed by atoms with Crippen LogP contribution in [0.4, 0.5) is 4.39 Å². The fourth-order valence-electron chi connectivity index (χ4n) is 2.75. The maximum Gasteiger partial charge on any atom is 0.166 e. The molecule has 0 bridgehead atoms. The summed E-state index contributed by atoms with van der Waals surface area (Å²) in [5, 5.41) is 8.10. The van der Waals surface area contributed by atoms with Crippen LogP contribution >= 0.6 is 12.2 Å². The van der Waals surface area contributed by atoms with E-state index >= 15 is 0 Å². The molecule has 22 heavy (non-hydrogen) atoms. The second-order valence-electron chi connectivity index (χ2n) is 5.53. The van der Waals surface area contributed by atoms with Crippen LogP contribution in [0.15, 0.2) is 24.4 Å². The van der Waals surface area contributed by atoms with Gasteiger partial charge < -0.3 is 20.4 Å². The van der Waals surface area contributed by atoms with Gasteiger partial charge in [-0.15, -0.1) is 0 Å². The van der Waals surface area contributed by atoms with Gasteiger partial charge in [-0.2, -0.15) is 0 Å². The molecule has 1 aromatic carbocycles. The van der Waals surface area contributed by atoms with Gasteiger partial charge in [-0.1, -0.05) is 0 Å². The number of fused-ring (bicyclic) bond motifs is 1. The highest BCUT2D eigenvalue weighted by Gasteiger charge is 2.15. The average molecular weight is 321 g/mol. The van der Waals surface area contributed by atoms with Crippen molar-refractivity contribution in [3.63, 3.8) is 0 Å². The van der Waals surface area contributed by atoms with E-state index in [1.807, 2.05) is 12.3 Å². The Bertz CT molecular complexity index is 652. The lowest BCUT2D eigenvalue weighted by Gasteiger charge is -2.13. The molecule has 1 aliphatic rings. The van der Waals surface area contributed by atoms with Crippen molar-refractivity contribution in [2.24, 2.45) is 0 Å². The van der Waals surface area contributed by atoms with Crippen molar-refractivity contribution in [2.75, 3.05) is 19.7 Å². The minimum Gasteiger partial charge on any atom is -0.376 e. The number of aromatic amines is 1. The van der Waals surface area contributed by atoms with E-state index in [4.69, 9.17) is 17.0 Å². The molecule has 0 saturated carbocycles. The molecule has 1 saturated heterocycles. The van der Waals surface area contributed by atoms with Crippen molar-refractivity contribution < 1.29 is 9.13 Å². The molecule has 0 unspecified atom stereocenters. The van der Waals surface area contributed by atoms with Gasteiger partial charge in [0.2, 0.25) is 0 Å². The number of hydrogen-bond donors (Lipinski definition) is 3. The van der Waals surface area contributed by atoms with Crippen LogP contribution in [0, 0.1) is 5.82 Å². The van der Waals surface area contributed by atoms with Gasteiger partial charge in [0, 0.05) is 36.8 Å². The van der Waals surface area contributed by atoms with Crippen LogP contribution in [-0.4, -0.2) is 35.9 Å². The number of thiocarbonyl (C=S) groups is 1. The van der Waals surface area contributed by atoms with Crippen LogP contribution in [0.3, 0.4) is 0 Å². The first-order chi connectivity index (χ1) is 10.7. The highest BCUT2D eigenvalue weighted by atomic mass is 32.1. The first-order valence-electron chi connectivity index (χ1n) is 7.61. The van der Waals surface area contributed by atoms with Crippen LogP contribution in [0.1, 0.15) is 18.4 Å². The molecule has 4 nitrogen and oxygen atoms in total. The molecule has 6 heteroatoms. The Kier molecular flexibility index (Phi) is 4.90. The quantitative estimate of drug-likeness (QED) is 0.741. The molecule has 0 aliphatic carbocycles. The van der Waals surface area contributed by atoms with Crippen LogP contribution < -0.4 is 10.6 Å². The zero-order chi connectivity index (χ0) is 15.4. The highest BCUT2D eigenvalue weighted by molar-refractivity contribution is 7.80. The van der Waals surface area contributed by atoms with E-state index in [1.54, 1.807) is 0 Å². The monoisotopic (exact) mass is 321 g/mol. The molecule has 1 aromatic heterocycles. The maximum atomic E-state index is 13.1. The van der Waals surface area contributed by atoms with Crippen LogP contribution in [0.2, 0.25) is 0 Å². The van der Waals surface area contributed by atoms with E-state index in [9.17, 15) is 4.39 Å². The van der Waals surface area contributed by atoms with E-state index in [2.05, 4.69) is 15.6 Å². The first kappa shape index (κ1) is 15.2. The van der Waals surface area contributed by atoms with Gasteiger partial charge in [-0.25, -0.2) is 4.39 Å². The molecular formula is C16H20FN3OS. The van der Waals surface area contributed by atoms with Crippen LogP contribution in [0.5, 0.6) is 0 Å². The smallest absolute Gasteiger partial charge is 0.166 e. The largest absolute Gasteiger partial charge is 0.376 e. The summed E-state index contributed by atoms with van der Waals surface area (Å²) in [4.78, 5) is 3.10. The molecule has 1 aliphatic heterocycles. The van der Waals surface area contributed by atoms with E-state index < -0.39 is 0 Å². The summed E-state index contributed by atoms with van der Waals surface area (Å²) < 4.78 is 18.7. The molecule has 1 fully saturated rings. The zero-order valence-corrected chi connectivity index (χ0v) is 13.1. The summed E-state index contributed by atoms with van der Waals surface area (Å²) in [5.74, 6) is -0.224. The normalized spacial score (nSPS) is 17.8. The van der Waals surface area contributed by atoms with E-state index in [0.717, 1.165) is 55.4 Å². The fraction of sp³-hybridized carbons (Fsp3) is 0.438. The Labute approximate surface area is 134 Å². The molecule has 118 valence electrons. The highest BCUT2D eigenvalue weighted by Crippen LogP contribution is 2.19. The minimum absolute atomic E-state index is 0.224. The third kappa shape index (κ3) is 3.75. The van der Waals surface area contributed by atoms with E-state index in [-0.39, 0.29) is 11.9 Å². The molecule has 0 radical (unpaired) electrons. The summed E-state index contributed by atoms with van der Waals surface area (Å²) >= 11 is 5.26. The topological polar surface area (TPSA) is 49.1 Å². The Hall–Kier alpha value is -1.66. The first-order valence-corrected chi connectivity index (χ1v) is 8.02. The van der Waals surface area contributed by atoms with Gasteiger partial charge in [-0.3, -0.25) is 0 Å². The van der Waals surface area contributed by atoms with Crippen LogP contribution in [0.25, 0.3) is 10.9 Å². The maximum absolute atomic E-state index is 13.1. The molecule has 2 heterocycles. The average Bonchev–Trinajstić information content (AvgIpc) is 3.15. The van der Waals surface area contributed by atoms with Gasteiger partial charge in [0.25, 0.3) is 0 Å². The molecule has 3 rings (SSSR count). The number of nitrogens with one attached hydrogen (secondary N) is 3. The van der Waals surface area contributed by atoms with E-state index in [1.165, 1.54) is 12.1 Å². The summed E-state index contributed by atoms with van der Waals surface area (Å²) in [6, 6.07) is 4.81. The number of rotatable bonds is 5. The molecule has 3 N–H and O–H groups in total. The van der Waals surface area contributed by atoms with Gasteiger partial charge in [0.05, 0.1) is 6.10 Å². The van der Waals surface area contributed by atoms with Gasteiger partial charge in [-0.05, 0) is 55.2 Å². The minimum atomic E-state index is -0.224. The van der Waals surface area contributed by atoms with Crippen LogP contribution in [-0.2, 0) is 11.2 Å². The number of hydrogen-bond acceptors (Lipinski definition) is 2. The number of H-pyrrole nitrogens is 1. The number of aromatic nitrogens is 1. The SMILES string of the molecule is Fc1ccc2c(CCNC(=S)NC[C@H]3CCCO3)c[nH]c2c1. The van der Waals surface area contributed by atoms with Gasteiger partial charge >= 0.3 is 0 Å². The molecule has 2 aromatic rings. The van der Waals surface area contributed by atoms with Gasteiger partial charge in [0.1, 0.15) is 5.82 Å². The summed E-state index contributed by atoms with van der Waals surface area (Å²) in [5.41, 5.74) is 1.98. The Morgan fingerprint density at radius 2 is 2.32 bits per heavy atom. The molecular weight excluding hydrogens is 301 g/mol. The molecule has 0 spiro atoms. The number of benzene rings is 1. The Morgan fingerprint density at radius 3 is 3.14 bits per heavy atom. The molecule has 1 atom stereocenters. The van der Waals surface area contributed by atoms with Crippen molar-refractivity contribution in [2.45, 2.75) is 25.4 Å². The third-order valence-electron chi connectivity index (χ3n) is 3.92. The predicted molar refractivity (Wildman–Crippen MR) is 89.5 cm³/mol. The van der Waals surface area contributed by atoms with Gasteiger partial charge in [0.15, 0.2) is 5.11 Å². The lowest BCUT2D eigenvalue weighted by molar-refractivity contribution is 0.114. The number of ether oxygens (including phenoxy) is 1. The second kappa shape index (κ2) is 7.07. The lowest BCUT2D eigenvalue weighted by Crippen LogP contribution is -2.40. The lowest BCUT2D eigenvalue weighted by atomic mass is 10.1. The van der Waals surface area contributed by atoms with Crippen molar-refractivity contribution in [3.8, 4) is 0 Å². The second-order valence-corrected chi connectivity index (χ2v) is 5.93. The predicted octanol–water partition coefficient (Wildman–Crippen LogP) is 2.49. The van der Waals surface area contributed by atoms with E-state index in [0.29, 0.717) is 5.11 Å². The summed E-state index contributed by atoms with van der Waals surface area (Å²) in [7, 11) is 0. The fourth-order valence-corrected chi connectivity index (χ4v) is 2.94. The Morgan fingerprint density at radius 1 is 1.41 bits per heavy atom. The van der Waals surface area contributed by atoms with Crippen molar-refractivity contribution in [1.82, 2.24) is 15.6 Å². The standard InChI is InChI=1S/C16H20FN3OS/c17-12-3-4-14-11(9-19-15(14)8-12)5-6-18-16(22)20-10-13-2-1-7-21-13/h3-4,8-9,13,19H,1-2,5-7,10H2,(H2,18,20,22)/t13-/m1/s1. The van der Waals surface area contributed by atoms with Crippen molar-refractivity contribution >= 4 is 28.2 Å². The Balaban J connectivity index is 1.44. The van der Waals surface area contributed by atoms with Crippen molar-refractivity contribution in [3.05, 3.63) is 35.8 Å². The number of halogens is 1. The zero-order valence-electron chi connectivity index (χ0n) is 12.3. The third-order valence-corrected chi connectivity index (χ3v) is 4.21. The molecule has 0 amide bonds.